The zero-order chi connectivity index (χ0) is 11.9. The lowest BCUT2D eigenvalue weighted by atomic mass is 9.91. The van der Waals surface area contributed by atoms with Gasteiger partial charge in [-0.2, -0.15) is 8.78 Å². The zero-order valence-corrected chi connectivity index (χ0v) is 10.4. The molecular formula is C11H13BrF2O. The topological polar surface area (TPSA) is 20.2 Å². The Morgan fingerprint density at radius 2 is 1.80 bits per heavy atom. The lowest BCUT2D eigenvalue weighted by Crippen LogP contribution is -2.38. The van der Waals surface area contributed by atoms with Gasteiger partial charge in [0, 0.05) is 0 Å². The number of halogens is 3. The van der Waals surface area contributed by atoms with Crippen LogP contribution in [0.25, 0.3) is 0 Å². The van der Waals surface area contributed by atoms with E-state index in [0.29, 0.717) is 5.56 Å². The van der Waals surface area contributed by atoms with Crippen LogP contribution >= 0.6 is 15.9 Å². The SMILES string of the molecule is Cc1ccc(C(C)(O)C(F)(F)Br)c(C)c1. The molecule has 0 aliphatic carbocycles. The van der Waals surface area contributed by atoms with Crippen LogP contribution in [-0.4, -0.2) is 9.94 Å². The van der Waals surface area contributed by atoms with Crippen molar-refractivity contribution < 1.29 is 13.9 Å². The van der Waals surface area contributed by atoms with Crippen molar-refractivity contribution in [2.24, 2.45) is 0 Å². The van der Waals surface area contributed by atoms with Crippen molar-refractivity contribution in [3.05, 3.63) is 34.9 Å². The summed E-state index contributed by atoms with van der Waals surface area (Å²) in [6.45, 7) is 4.67. The number of hydrogen-bond acceptors (Lipinski definition) is 1. The Labute approximate surface area is 96.2 Å². The second-order valence-corrected chi connectivity index (χ2v) is 4.88. The Balaban J connectivity index is 3.28. The van der Waals surface area contributed by atoms with E-state index in [4.69, 9.17) is 0 Å². The number of benzene rings is 1. The van der Waals surface area contributed by atoms with Gasteiger partial charge in [0.05, 0.1) is 0 Å². The van der Waals surface area contributed by atoms with Crippen LogP contribution in [0.3, 0.4) is 0 Å². The predicted molar refractivity (Wildman–Crippen MR) is 59.4 cm³/mol. The van der Waals surface area contributed by atoms with Gasteiger partial charge in [-0.1, -0.05) is 23.8 Å². The van der Waals surface area contributed by atoms with Crippen LogP contribution in [0.4, 0.5) is 8.78 Å². The van der Waals surface area contributed by atoms with Crippen molar-refractivity contribution in [1.82, 2.24) is 0 Å². The first-order chi connectivity index (χ1) is 6.66. The summed E-state index contributed by atoms with van der Waals surface area (Å²) in [5.41, 5.74) is -0.343. The third kappa shape index (κ3) is 2.37. The highest BCUT2D eigenvalue weighted by Crippen LogP contribution is 2.43. The van der Waals surface area contributed by atoms with Crippen LogP contribution in [-0.2, 0) is 5.60 Å². The standard InChI is InChI=1S/C11H13BrF2O/c1-7-4-5-9(8(2)6-7)10(3,15)11(12,13)14/h4-6,15H,1-3H3. The summed E-state index contributed by atoms with van der Waals surface area (Å²) in [6.07, 6.45) is 0. The van der Waals surface area contributed by atoms with Gasteiger partial charge in [0.25, 0.3) is 0 Å². The maximum absolute atomic E-state index is 13.1. The smallest absolute Gasteiger partial charge is 0.333 e. The van der Waals surface area contributed by atoms with Gasteiger partial charge in [0.1, 0.15) is 0 Å². The molecule has 0 fully saturated rings. The minimum absolute atomic E-state index is 0.231. The van der Waals surface area contributed by atoms with Crippen LogP contribution in [0.15, 0.2) is 18.2 Å². The van der Waals surface area contributed by atoms with Gasteiger partial charge in [-0.25, -0.2) is 0 Å². The molecule has 0 heterocycles. The minimum atomic E-state index is -3.35. The van der Waals surface area contributed by atoms with Gasteiger partial charge in [-0.3, -0.25) is 0 Å². The Bertz CT molecular complexity index is 369. The second-order valence-electron chi connectivity index (χ2n) is 3.89. The van der Waals surface area contributed by atoms with E-state index < -0.39 is 10.4 Å². The van der Waals surface area contributed by atoms with Gasteiger partial charge in [-0.15, -0.1) is 0 Å². The average molecular weight is 279 g/mol. The Kier molecular flexibility index (Phi) is 3.22. The Morgan fingerprint density at radius 1 is 1.27 bits per heavy atom. The molecule has 84 valence electrons. The van der Waals surface area contributed by atoms with Crippen molar-refractivity contribution >= 4 is 15.9 Å². The van der Waals surface area contributed by atoms with Crippen LogP contribution in [0.2, 0.25) is 0 Å². The van der Waals surface area contributed by atoms with Crippen molar-refractivity contribution in [2.75, 3.05) is 0 Å². The van der Waals surface area contributed by atoms with Crippen molar-refractivity contribution in [1.29, 1.82) is 0 Å². The third-order valence-electron chi connectivity index (χ3n) is 2.46. The maximum atomic E-state index is 13.1. The van der Waals surface area contributed by atoms with E-state index in [1.807, 2.05) is 6.92 Å². The molecule has 1 atom stereocenters. The van der Waals surface area contributed by atoms with Gasteiger partial charge in [-0.05, 0) is 47.8 Å². The number of alkyl halides is 3. The van der Waals surface area contributed by atoms with Gasteiger partial charge < -0.3 is 5.11 Å². The largest absolute Gasteiger partial charge is 0.378 e. The molecule has 0 saturated carbocycles. The molecule has 0 bridgehead atoms. The molecule has 1 rings (SSSR count). The fourth-order valence-corrected chi connectivity index (χ4v) is 1.73. The summed E-state index contributed by atoms with van der Waals surface area (Å²) in [5.74, 6) is 0. The molecule has 1 unspecified atom stereocenters. The van der Waals surface area contributed by atoms with E-state index in [1.54, 1.807) is 19.1 Å². The van der Waals surface area contributed by atoms with Crippen LogP contribution < -0.4 is 0 Å². The van der Waals surface area contributed by atoms with Crippen molar-refractivity contribution in [3.8, 4) is 0 Å². The zero-order valence-electron chi connectivity index (χ0n) is 8.81. The molecule has 15 heavy (non-hydrogen) atoms. The van der Waals surface area contributed by atoms with Crippen LogP contribution in [0, 0.1) is 13.8 Å². The summed E-state index contributed by atoms with van der Waals surface area (Å²) < 4.78 is 26.3. The quantitative estimate of drug-likeness (QED) is 0.821. The lowest BCUT2D eigenvalue weighted by Gasteiger charge is -2.30. The molecule has 1 aromatic carbocycles. The maximum Gasteiger partial charge on any atom is 0.333 e. The van der Waals surface area contributed by atoms with Crippen molar-refractivity contribution in [3.63, 3.8) is 0 Å². The Morgan fingerprint density at radius 3 is 2.20 bits per heavy atom. The lowest BCUT2D eigenvalue weighted by molar-refractivity contribution is -0.109. The molecule has 4 heteroatoms. The van der Waals surface area contributed by atoms with Crippen LogP contribution in [0.5, 0.6) is 0 Å². The third-order valence-corrected chi connectivity index (χ3v) is 3.23. The molecule has 0 aliphatic heterocycles. The first-order valence-electron chi connectivity index (χ1n) is 4.53. The molecule has 0 radical (unpaired) electrons. The first kappa shape index (κ1) is 12.6. The van der Waals surface area contributed by atoms with E-state index >= 15 is 0 Å². The number of aliphatic hydroxyl groups is 1. The first-order valence-corrected chi connectivity index (χ1v) is 5.32. The molecular weight excluding hydrogens is 266 g/mol. The Hall–Kier alpha value is -0.480. The van der Waals surface area contributed by atoms with E-state index in [0.717, 1.165) is 12.5 Å². The van der Waals surface area contributed by atoms with Gasteiger partial charge in [0.2, 0.25) is 0 Å². The normalized spacial score (nSPS) is 16.2. The molecule has 1 N–H and O–H groups in total. The minimum Gasteiger partial charge on any atom is -0.378 e. The molecule has 0 saturated heterocycles. The predicted octanol–water partition coefficient (Wildman–Crippen LogP) is 3.50. The van der Waals surface area contributed by atoms with E-state index in [9.17, 15) is 13.9 Å². The highest BCUT2D eigenvalue weighted by atomic mass is 79.9. The fourth-order valence-electron chi connectivity index (χ4n) is 1.51. The summed E-state index contributed by atoms with van der Waals surface area (Å²) in [5, 5.41) is 9.80. The summed E-state index contributed by atoms with van der Waals surface area (Å²) in [4.78, 5) is -3.35. The molecule has 1 aromatic rings. The highest BCUT2D eigenvalue weighted by Gasteiger charge is 2.48. The summed E-state index contributed by atoms with van der Waals surface area (Å²) in [6, 6.07) is 5.00. The fraction of sp³-hybridized carbons (Fsp3) is 0.455. The summed E-state index contributed by atoms with van der Waals surface area (Å²) >= 11 is 2.21. The number of rotatable bonds is 2. The van der Waals surface area contributed by atoms with Gasteiger partial charge >= 0.3 is 4.83 Å². The van der Waals surface area contributed by atoms with Crippen LogP contribution in [0.1, 0.15) is 23.6 Å². The highest BCUT2D eigenvalue weighted by molar-refractivity contribution is 9.10. The van der Waals surface area contributed by atoms with E-state index in [1.165, 1.54) is 6.07 Å². The molecule has 0 amide bonds. The van der Waals surface area contributed by atoms with Crippen molar-refractivity contribution in [2.45, 2.75) is 31.2 Å². The molecule has 0 aliphatic rings. The second kappa shape index (κ2) is 3.83. The number of aryl methyl sites for hydroxylation is 2. The molecule has 0 spiro atoms. The number of hydrogen-bond donors (Lipinski definition) is 1. The summed E-state index contributed by atoms with van der Waals surface area (Å²) in [7, 11) is 0. The average Bonchev–Trinajstić information content (AvgIpc) is 2.00. The van der Waals surface area contributed by atoms with E-state index in [2.05, 4.69) is 15.9 Å². The van der Waals surface area contributed by atoms with Gasteiger partial charge in [0.15, 0.2) is 5.60 Å². The molecule has 0 aromatic heterocycles. The molecule has 1 nitrogen and oxygen atoms in total. The monoisotopic (exact) mass is 278 g/mol. The van der Waals surface area contributed by atoms with E-state index in [-0.39, 0.29) is 5.56 Å².